The number of methoxy groups -OCH3 is 1. The fourth-order valence-electron chi connectivity index (χ4n) is 1.92. The van der Waals surface area contributed by atoms with Crippen LogP contribution < -0.4 is 10.6 Å². The summed E-state index contributed by atoms with van der Waals surface area (Å²) in [7, 11) is 1.36. The molecular weight excluding hydrogens is 356 g/mol. The first kappa shape index (κ1) is 17.7. The molecule has 2 N–H and O–H groups in total. The van der Waals surface area contributed by atoms with Crippen molar-refractivity contribution in [3.8, 4) is 0 Å². The molecule has 9 heteroatoms. The van der Waals surface area contributed by atoms with Gasteiger partial charge < -0.3 is 15.4 Å². The molecule has 0 aliphatic rings. The molecule has 0 radical (unpaired) electrons. The summed E-state index contributed by atoms with van der Waals surface area (Å²) in [5.74, 6) is -0.379. The number of thiocarbonyl (C=S) groups is 1. The van der Waals surface area contributed by atoms with E-state index in [9.17, 15) is 4.79 Å². The summed E-state index contributed by atoms with van der Waals surface area (Å²) in [6.45, 7) is 3.35. The summed E-state index contributed by atoms with van der Waals surface area (Å²) in [4.78, 5) is 12.7. The molecule has 0 aromatic carbocycles. The lowest BCUT2D eigenvalue weighted by Gasteiger charge is -2.10. The van der Waals surface area contributed by atoms with Crippen molar-refractivity contribution in [2.45, 2.75) is 19.9 Å². The highest BCUT2D eigenvalue weighted by atomic mass is 35.5. The molecular formula is C14H17ClN4O2S2. The molecule has 124 valence electrons. The zero-order valence-corrected chi connectivity index (χ0v) is 15.1. The maximum Gasteiger partial charge on any atom is 0.340 e. The molecule has 0 atom stereocenters. The van der Waals surface area contributed by atoms with Crippen LogP contribution in [0.5, 0.6) is 0 Å². The lowest BCUT2D eigenvalue weighted by atomic mass is 10.3. The largest absolute Gasteiger partial charge is 0.465 e. The average molecular weight is 373 g/mol. The van der Waals surface area contributed by atoms with Crippen molar-refractivity contribution in [2.24, 2.45) is 0 Å². The molecule has 0 aliphatic carbocycles. The number of anilines is 1. The number of ether oxygens (including phenoxy) is 1. The molecule has 0 spiro atoms. The number of aromatic nitrogens is 2. The van der Waals surface area contributed by atoms with Crippen molar-refractivity contribution in [1.29, 1.82) is 0 Å². The number of nitrogens with one attached hydrogen (secondary N) is 2. The third-order valence-electron chi connectivity index (χ3n) is 2.94. The lowest BCUT2D eigenvalue weighted by molar-refractivity contribution is 0.0602. The number of hydrogen-bond acceptors (Lipinski definition) is 5. The Bertz CT molecular complexity index is 699. The van der Waals surface area contributed by atoms with Gasteiger partial charge >= 0.3 is 5.97 Å². The number of esters is 1. The van der Waals surface area contributed by atoms with E-state index < -0.39 is 0 Å². The topological polar surface area (TPSA) is 68.2 Å². The predicted molar refractivity (Wildman–Crippen MR) is 96.5 cm³/mol. The molecule has 0 unspecified atom stereocenters. The van der Waals surface area contributed by atoms with Crippen LogP contribution in [-0.4, -0.2) is 34.5 Å². The Balaban J connectivity index is 1.79. The van der Waals surface area contributed by atoms with Crippen LogP contribution in [0.25, 0.3) is 0 Å². The summed E-state index contributed by atoms with van der Waals surface area (Å²) in [5.41, 5.74) is 0.491. The summed E-state index contributed by atoms with van der Waals surface area (Å²) in [6, 6.07) is 1.78. The molecule has 23 heavy (non-hydrogen) atoms. The minimum absolute atomic E-state index is 0.379. The molecule has 6 nitrogen and oxygen atoms in total. The Morgan fingerprint density at radius 2 is 2.35 bits per heavy atom. The summed E-state index contributed by atoms with van der Waals surface area (Å²) < 4.78 is 6.54. The van der Waals surface area contributed by atoms with Crippen molar-refractivity contribution in [1.82, 2.24) is 15.1 Å². The van der Waals surface area contributed by atoms with Gasteiger partial charge in [0, 0.05) is 24.2 Å². The number of rotatable bonds is 6. The van der Waals surface area contributed by atoms with Gasteiger partial charge in [0.15, 0.2) is 5.11 Å². The van der Waals surface area contributed by atoms with Crippen LogP contribution in [-0.2, 0) is 11.3 Å². The quantitative estimate of drug-likeness (QED) is 0.461. The molecule has 0 saturated carbocycles. The van der Waals surface area contributed by atoms with Gasteiger partial charge in [-0.3, -0.25) is 4.68 Å². The maximum atomic E-state index is 11.7. The van der Waals surface area contributed by atoms with Gasteiger partial charge in [0.05, 0.1) is 23.9 Å². The smallest absolute Gasteiger partial charge is 0.340 e. The lowest BCUT2D eigenvalue weighted by Crippen LogP contribution is -2.30. The molecule has 2 rings (SSSR count). The van der Waals surface area contributed by atoms with Gasteiger partial charge in [0.2, 0.25) is 0 Å². The highest BCUT2D eigenvalue weighted by Gasteiger charge is 2.16. The first-order valence-electron chi connectivity index (χ1n) is 6.91. The van der Waals surface area contributed by atoms with E-state index in [0.29, 0.717) is 27.2 Å². The van der Waals surface area contributed by atoms with Crippen LogP contribution in [0, 0.1) is 6.92 Å². The molecule has 0 bridgehead atoms. The number of nitrogens with zero attached hydrogens (tertiary/aromatic N) is 2. The van der Waals surface area contributed by atoms with Crippen LogP contribution in [0.3, 0.4) is 0 Å². The van der Waals surface area contributed by atoms with E-state index in [1.54, 1.807) is 23.1 Å². The van der Waals surface area contributed by atoms with E-state index in [-0.39, 0.29) is 5.97 Å². The Morgan fingerprint density at radius 1 is 1.57 bits per heavy atom. The fraction of sp³-hybridized carbons (Fsp3) is 0.357. The Kier molecular flexibility index (Phi) is 6.37. The van der Waals surface area contributed by atoms with Gasteiger partial charge in [-0.05, 0) is 31.6 Å². The predicted octanol–water partition coefficient (Wildman–Crippen LogP) is 3.07. The Morgan fingerprint density at radius 3 is 3.00 bits per heavy atom. The van der Waals surface area contributed by atoms with E-state index in [1.165, 1.54) is 18.4 Å². The van der Waals surface area contributed by atoms with Gasteiger partial charge in [0.25, 0.3) is 0 Å². The summed E-state index contributed by atoms with van der Waals surface area (Å²) >= 11 is 12.5. The van der Waals surface area contributed by atoms with Crippen molar-refractivity contribution >= 4 is 51.2 Å². The van der Waals surface area contributed by atoms with Gasteiger partial charge in [0.1, 0.15) is 5.00 Å². The van der Waals surface area contributed by atoms with Gasteiger partial charge in [-0.1, -0.05) is 11.6 Å². The molecule has 0 aliphatic heterocycles. The fourth-order valence-corrected chi connectivity index (χ4v) is 3.25. The summed E-state index contributed by atoms with van der Waals surface area (Å²) in [5, 5.41) is 12.0. The average Bonchev–Trinajstić information content (AvgIpc) is 3.08. The van der Waals surface area contributed by atoms with E-state index >= 15 is 0 Å². The second kappa shape index (κ2) is 8.28. The molecule has 2 aromatic rings. The molecule has 0 amide bonds. The number of carbonyl (C=O) groups is 1. The van der Waals surface area contributed by atoms with E-state index in [0.717, 1.165) is 17.8 Å². The van der Waals surface area contributed by atoms with Crippen molar-refractivity contribution in [2.75, 3.05) is 19.0 Å². The number of thiophene rings is 1. The normalized spacial score (nSPS) is 10.4. The zero-order chi connectivity index (χ0) is 16.8. The number of carbonyl (C=O) groups excluding carboxylic acids is 1. The first-order valence-corrected chi connectivity index (χ1v) is 8.51. The molecule has 2 aromatic heterocycles. The van der Waals surface area contributed by atoms with Gasteiger partial charge in [-0.15, -0.1) is 11.3 Å². The van der Waals surface area contributed by atoms with Crippen molar-refractivity contribution < 1.29 is 9.53 Å². The molecule has 0 fully saturated rings. The SMILES string of the molecule is COC(=O)c1cc(C)sc1NC(=S)NCCCn1cc(Cl)cn1. The monoisotopic (exact) mass is 372 g/mol. The highest BCUT2D eigenvalue weighted by molar-refractivity contribution is 7.80. The molecule has 2 heterocycles. The van der Waals surface area contributed by atoms with Gasteiger partial charge in [-0.2, -0.15) is 5.10 Å². The summed E-state index contributed by atoms with van der Waals surface area (Å²) in [6.07, 6.45) is 4.22. The minimum atomic E-state index is -0.379. The van der Waals surface area contributed by atoms with E-state index in [1.807, 2.05) is 6.92 Å². The third kappa shape index (κ3) is 5.19. The first-order chi connectivity index (χ1) is 11.0. The van der Waals surface area contributed by atoms with Crippen LogP contribution in [0.4, 0.5) is 5.00 Å². The highest BCUT2D eigenvalue weighted by Crippen LogP contribution is 2.28. The second-order valence-corrected chi connectivity index (χ2v) is 6.85. The maximum absolute atomic E-state index is 11.7. The third-order valence-corrected chi connectivity index (χ3v) is 4.35. The van der Waals surface area contributed by atoms with Crippen LogP contribution >= 0.6 is 35.2 Å². The zero-order valence-electron chi connectivity index (χ0n) is 12.8. The minimum Gasteiger partial charge on any atom is -0.465 e. The second-order valence-electron chi connectivity index (χ2n) is 4.75. The van der Waals surface area contributed by atoms with E-state index in [4.69, 9.17) is 28.6 Å². The van der Waals surface area contributed by atoms with Crippen molar-refractivity contribution in [3.05, 3.63) is 33.9 Å². The van der Waals surface area contributed by atoms with E-state index in [2.05, 4.69) is 15.7 Å². The number of halogens is 1. The Hall–Kier alpha value is -1.64. The standard InChI is InChI=1S/C14H17ClN4O2S2/c1-9-6-11(13(20)21-2)12(23-9)18-14(22)16-4-3-5-19-8-10(15)7-17-19/h6-8H,3-5H2,1-2H3,(H2,16,18,22). The Labute approximate surface area is 148 Å². The van der Waals surface area contributed by atoms with Gasteiger partial charge in [-0.25, -0.2) is 4.79 Å². The molecule has 0 saturated heterocycles. The van der Waals surface area contributed by atoms with Crippen molar-refractivity contribution in [3.63, 3.8) is 0 Å². The number of aryl methyl sites for hydroxylation is 2. The van der Waals surface area contributed by atoms with Crippen LogP contribution in [0.1, 0.15) is 21.7 Å². The van der Waals surface area contributed by atoms with Crippen LogP contribution in [0.15, 0.2) is 18.5 Å². The van der Waals surface area contributed by atoms with Crippen LogP contribution in [0.2, 0.25) is 5.02 Å². The number of hydrogen-bond donors (Lipinski definition) is 2.